The summed E-state index contributed by atoms with van der Waals surface area (Å²) in [7, 11) is 0. The first-order valence-electron chi connectivity index (χ1n) is 13.4. The van der Waals surface area contributed by atoms with E-state index in [1.54, 1.807) is 0 Å². The van der Waals surface area contributed by atoms with Gasteiger partial charge in [0.05, 0.1) is 0 Å². The molecule has 6 aromatic rings. The molecule has 0 unspecified atom stereocenters. The van der Waals surface area contributed by atoms with Gasteiger partial charge in [0.2, 0.25) is 0 Å². The number of benzene rings is 6. The largest absolute Gasteiger partial charge is 0.0622 e. The molecular weight excluding hydrogens is 480 g/mol. The molecule has 0 saturated heterocycles. The Labute approximate surface area is 236 Å². The maximum Gasteiger partial charge on any atom is 0.0261 e. The van der Waals surface area contributed by atoms with Crippen molar-refractivity contribution in [3.05, 3.63) is 180 Å². The van der Waals surface area contributed by atoms with E-state index in [0.717, 1.165) is 55.6 Å². The van der Waals surface area contributed by atoms with Crippen LogP contribution in [0.5, 0.6) is 0 Å². The molecule has 0 saturated carbocycles. The zero-order chi connectivity index (χ0) is 27.0. The van der Waals surface area contributed by atoms with Crippen molar-refractivity contribution in [2.45, 2.75) is 0 Å². The van der Waals surface area contributed by atoms with E-state index in [9.17, 15) is 0 Å². The lowest BCUT2D eigenvalue weighted by atomic mass is 9.92. The van der Waals surface area contributed by atoms with Gasteiger partial charge >= 0.3 is 0 Å². The standard InChI is InChI=1S/C40H26/c1-5-13-31(14-6-1)21-23-33-25-37(35-17-9-3-10-18-35)29-39(27-33)40-28-34(24-22-32-15-7-2-8-16-32)26-38(30-40)36-19-11-4-12-20-36/h1-20,25-30H. The molecule has 0 aliphatic carbocycles. The quantitative estimate of drug-likeness (QED) is 0.210. The zero-order valence-electron chi connectivity index (χ0n) is 22.0. The van der Waals surface area contributed by atoms with Crippen LogP contribution in [0.2, 0.25) is 0 Å². The van der Waals surface area contributed by atoms with Gasteiger partial charge in [-0.05, 0) is 94.0 Å². The molecule has 186 valence electrons. The van der Waals surface area contributed by atoms with Crippen molar-refractivity contribution in [2.75, 3.05) is 0 Å². The van der Waals surface area contributed by atoms with E-state index in [-0.39, 0.29) is 0 Å². The molecule has 6 rings (SSSR count). The lowest BCUT2D eigenvalue weighted by Crippen LogP contribution is -1.89. The van der Waals surface area contributed by atoms with Crippen LogP contribution < -0.4 is 0 Å². The van der Waals surface area contributed by atoms with Gasteiger partial charge in [-0.2, -0.15) is 0 Å². The van der Waals surface area contributed by atoms with Crippen LogP contribution >= 0.6 is 0 Å². The fourth-order valence-corrected chi connectivity index (χ4v) is 4.66. The third kappa shape index (κ3) is 6.11. The van der Waals surface area contributed by atoms with Crippen LogP contribution in [-0.4, -0.2) is 0 Å². The zero-order valence-corrected chi connectivity index (χ0v) is 22.0. The second kappa shape index (κ2) is 11.9. The maximum atomic E-state index is 3.41. The van der Waals surface area contributed by atoms with Crippen LogP contribution in [0.1, 0.15) is 22.3 Å². The summed E-state index contributed by atoms with van der Waals surface area (Å²) in [5.41, 5.74) is 10.8. The van der Waals surface area contributed by atoms with Crippen LogP contribution in [0.4, 0.5) is 0 Å². The first-order valence-corrected chi connectivity index (χ1v) is 13.4. The second-order valence-corrected chi connectivity index (χ2v) is 9.56. The highest BCUT2D eigenvalue weighted by atomic mass is 14.1. The monoisotopic (exact) mass is 506 g/mol. The van der Waals surface area contributed by atoms with E-state index in [1.807, 2.05) is 72.8 Å². The predicted octanol–water partition coefficient (Wildman–Crippen LogP) is 9.49. The molecule has 6 aromatic carbocycles. The van der Waals surface area contributed by atoms with Gasteiger partial charge in [0.25, 0.3) is 0 Å². The highest BCUT2D eigenvalue weighted by molar-refractivity contribution is 5.80. The Morgan fingerprint density at radius 1 is 0.225 bits per heavy atom. The molecular formula is C40H26. The van der Waals surface area contributed by atoms with Gasteiger partial charge in [-0.1, -0.05) is 121 Å². The Kier molecular flexibility index (Phi) is 7.35. The van der Waals surface area contributed by atoms with Crippen LogP contribution in [0, 0.1) is 23.7 Å². The van der Waals surface area contributed by atoms with Crippen molar-refractivity contribution >= 4 is 0 Å². The van der Waals surface area contributed by atoms with Crippen LogP contribution in [0.3, 0.4) is 0 Å². The van der Waals surface area contributed by atoms with Crippen molar-refractivity contribution in [3.8, 4) is 57.1 Å². The van der Waals surface area contributed by atoms with E-state index in [1.165, 1.54) is 0 Å². The van der Waals surface area contributed by atoms with Gasteiger partial charge in [0.15, 0.2) is 0 Å². The van der Waals surface area contributed by atoms with Gasteiger partial charge in [0.1, 0.15) is 0 Å². The lowest BCUT2D eigenvalue weighted by molar-refractivity contribution is 1.54. The van der Waals surface area contributed by atoms with Crippen LogP contribution in [-0.2, 0) is 0 Å². The average molecular weight is 507 g/mol. The molecule has 0 N–H and O–H groups in total. The second-order valence-electron chi connectivity index (χ2n) is 9.56. The first-order chi connectivity index (χ1) is 19.8. The summed E-state index contributed by atoms with van der Waals surface area (Å²) in [5, 5.41) is 0. The van der Waals surface area contributed by atoms with Gasteiger partial charge in [0, 0.05) is 22.3 Å². The van der Waals surface area contributed by atoms with Gasteiger partial charge in [-0.3, -0.25) is 0 Å². The summed E-state index contributed by atoms with van der Waals surface area (Å²) >= 11 is 0. The molecule has 0 atom stereocenters. The summed E-state index contributed by atoms with van der Waals surface area (Å²) in [4.78, 5) is 0. The van der Waals surface area contributed by atoms with Gasteiger partial charge in [-0.15, -0.1) is 0 Å². The molecule has 0 bridgehead atoms. The van der Waals surface area contributed by atoms with Crippen LogP contribution in [0.25, 0.3) is 33.4 Å². The van der Waals surface area contributed by atoms with E-state index in [2.05, 4.69) is 109 Å². The molecule has 0 aromatic heterocycles. The molecule has 0 spiro atoms. The van der Waals surface area contributed by atoms with Crippen molar-refractivity contribution in [3.63, 3.8) is 0 Å². The Balaban J connectivity index is 1.51. The summed E-state index contributed by atoms with van der Waals surface area (Å²) in [6, 6.07) is 54.4. The number of hydrogen-bond donors (Lipinski definition) is 0. The molecule has 0 aliphatic heterocycles. The first kappa shape index (κ1) is 24.8. The Hall–Kier alpha value is -5.56. The lowest BCUT2D eigenvalue weighted by Gasteiger charge is -2.11. The molecule has 0 fully saturated rings. The smallest absolute Gasteiger partial charge is 0.0261 e. The van der Waals surface area contributed by atoms with E-state index < -0.39 is 0 Å². The molecule has 0 nitrogen and oxygen atoms in total. The summed E-state index contributed by atoms with van der Waals surface area (Å²) in [6.07, 6.45) is 0. The predicted molar refractivity (Wildman–Crippen MR) is 168 cm³/mol. The van der Waals surface area contributed by atoms with Crippen molar-refractivity contribution in [2.24, 2.45) is 0 Å². The molecule has 0 amide bonds. The summed E-state index contributed by atoms with van der Waals surface area (Å²) in [6.45, 7) is 0. The van der Waals surface area contributed by atoms with E-state index in [0.29, 0.717) is 0 Å². The molecule has 0 radical (unpaired) electrons. The van der Waals surface area contributed by atoms with Crippen LogP contribution in [0.15, 0.2) is 158 Å². The summed E-state index contributed by atoms with van der Waals surface area (Å²) < 4.78 is 0. The Morgan fingerprint density at radius 3 is 0.850 bits per heavy atom. The third-order valence-electron chi connectivity index (χ3n) is 6.66. The number of rotatable bonds is 3. The van der Waals surface area contributed by atoms with Crippen molar-refractivity contribution < 1.29 is 0 Å². The van der Waals surface area contributed by atoms with E-state index in [4.69, 9.17) is 0 Å². The van der Waals surface area contributed by atoms with Crippen molar-refractivity contribution in [1.82, 2.24) is 0 Å². The fraction of sp³-hybridized carbons (Fsp3) is 0. The van der Waals surface area contributed by atoms with Gasteiger partial charge < -0.3 is 0 Å². The SMILES string of the molecule is C(#Cc1cc(-c2ccccc2)cc(-c2cc(C#Cc3ccccc3)cc(-c3ccccc3)c2)c1)c1ccccc1. The topological polar surface area (TPSA) is 0 Å². The normalized spacial score (nSPS) is 10.1. The molecule has 0 heterocycles. The molecule has 40 heavy (non-hydrogen) atoms. The summed E-state index contributed by atoms with van der Waals surface area (Å²) in [5.74, 6) is 13.5. The minimum Gasteiger partial charge on any atom is -0.0622 e. The average Bonchev–Trinajstić information content (AvgIpc) is 3.04. The minimum atomic E-state index is 0.974. The fourth-order valence-electron chi connectivity index (χ4n) is 4.66. The van der Waals surface area contributed by atoms with Crippen molar-refractivity contribution in [1.29, 1.82) is 0 Å². The maximum absolute atomic E-state index is 3.41. The number of hydrogen-bond acceptors (Lipinski definition) is 0. The highest BCUT2D eigenvalue weighted by Crippen LogP contribution is 2.32. The molecule has 0 aliphatic rings. The minimum absolute atomic E-state index is 0.974. The Morgan fingerprint density at radius 2 is 0.500 bits per heavy atom. The molecule has 0 heteroatoms. The third-order valence-corrected chi connectivity index (χ3v) is 6.66. The van der Waals surface area contributed by atoms with E-state index >= 15 is 0 Å². The van der Waals surface area contributed by atoms with Gasteiger partial charge in [-0.25, -0.2) is 0 Å². The Bertz CT molecular complexity index is 1720. The highest BCUT2D eigenvalue weighted by Gasteiger charge is 2.09.